The zero-order valence-corrected chi connectivity index (χ0v) is 10.9. The Kier molecular flexibility index (Phi) is 4.70. The van der Waals surface area contributed by atoms with E-state index in [0.717, 1.165) is 5.56 Å². The number of nitrogens with one attached hydrogen (secondary N) is 1. The van der Waals surface area contributed by atoms with E-state index in [9.17, 15) is 9.90 Å². The number of amides is 1. The topological polar surface area (TPSA) is 49.3 Å². The van der Waals surface area contributed by atoms with Crippen molar-refractivity contribution in [3.63, 3.8) is 0 Å². The summed E-state index contributed by atoms with van der Waals surface area (Å²) in [5.41, 5.74) is 2.92. The minimum Gasteiger partial charge on any atom is -0.394 e. The van der Waals surface area contributed by atoms with Gasteiger partial charge < -0.3 is 10.4 Å². The number of aliphatic hydroxyl groups is 1. The molecule has 0 aliphatic heterocycles. The van der Waals surface area contributed by atoms with Crippen molar-refractivity contribution >= 4 is 5.91 Å². The second-order valence-electron chi connectivity index (χ2n) is 4.81. The summed E-state index contributed by atoms with van der Waals surface area (Å²) in [6.07, 6.45) is 0. The quantitative estimate of drug-likeness (QED) is 0.839. The van der Waals surface area contributed by atoms with Crippen LogP contribution in [0.15, 0.2) is 18.2 Å². The van der Waals surface area contributed by atoms with Gasteiger partial charge in [0.05, 0.1) is 12.6 Å². The van der Waals surface area contributed by atoms with E-state index in [0.29, 0.717) is 5.56 Å². The highest BCUT2D eigenvalue weighted by Gasteiger charge is 2.16. The molecule has 17 heavy (non-hydrogen) atoms. The van der Waals surface area contributed by atoms with E-state index < -0.39 is 0 Å². The molecule has 1 amide bonds. The third-order valence-electron chi connectivity index (χ3n) is 3.09. The van der Waals surface area contributed by atoms with E-state index in [1.165, 1.54) is 5.56 Å². The summed E-state index contributed by atoms with van der Waals surface area (Å²) in [6, 6.07) is 5.43. The molecule has 1 aromatic rings. The van der Waals surface area contributed by atoms with Crippen molar-refractivity contribution < 1.29 is 9.90 Å². The lowest BCUT2D eigenvalue weighted by Crippen LogP contribution is -2.41. The number of rotatable bonds is 4. The number of aliphatic hydroxyl groups excluding tert-OH is 1. The molecule has 0 aliphatic carbocycles. The summed E-state index contributed by atoms with van der Waals surface area (Å²) in [4.78, 5) is 12.0. The highest BCUT2D eigenvalue weighted by Crippen LogP contribution is 2.10. The van der Waals surface area contributed by atoms with E-state index in [-0.39, 0.29) is 24.5 Å². The zero-order chi connectivity index (χ0) is 13.0. The molecule has 3 heteroatoms. The van der Waals surface area contributed by atoms with Gasteiger partial charge in [-0.3, -0.25) is 4.79 Å². The lowest BCUT2D eigenvalue weighted by Gasteiger charge is -2.20. The molecule has 94 valence electrons. The van der Waals surface area contributed by atoms with Crippen LogP contribution in [0.25, 0.3) is 0 Å². The third kappa shape index (κ3) is 3.56. The van der Waals surface area contributed by atoms with Gasteiger partial charge in [0.25, 0.3) is 5.91 Å². The molecule has 0 aromatic heterocycles. The van der Waals surface area contributed by atoms with Crippen LogP contribution >= 0.6 is 0 Å². The van der Waals surface area contributed by atoms with Crippen LogP contribution in [0.1, 0.15) is 35.3 Å². The number of carbonyl (C=O) groups excluding carboxylic acids is 1. The van der Waals surface area contributed by atoms with E-state index in [1.54, 1.807) is 0 Å². The Bertz CT molecular complexity index is 399. The Balaban J connectivity index is 2.79. The van der Waals surface area contributed by atoms with Gasteiger partial charge in [-0.15, -0.1) is 0 Å². The highest BCUT2D eigenvalue weighted by atomic mass is 16.3. The van der Waals surface area contributed by atoms with Crippen LogP contribution in [0.4, 0.5) is 0 Å². The smallest absolute Gasteiger partial charge is 0.251 e. The molecule has 0 radical (unpaired) electrons. The molecular weight excluding hydrogens is 214 g/mol. The first-order valence-corrected chi connectivity index (χ1v) is 5.94. The van der Waals surface area contributed by atoms with Crippen molar-refractivity contribution in [1.29, 1.82) is 0 Å². The van der Waals surface area contributed by atoms with Gasteiger partial charge in [0.1, 0.15) is 0 Å². The molecule has 2 N–H and O–H groups in total. The number of hydrogen-bond donors (Lipinski definition) is 2. The maximum absolute atomic E-state index is 12.0. The predicted molar refractivity (Wildman–Crippen MR) is 69.1 cm³/mol. The number of carbonyl (C=O) groups is 1. The van der Waals surface area contributed by atoms with Crippen LogP contribution in [0.2, 0.25) is 0 Å². The van der Waals surface area contributed by atoms with Crippen molar-refractivity contribution in [2.24, 2.45) is 5.92 Å². The van der Waals surface area contributed by atoms with Crippen molar-refractivity contribution in [2.75, 3.05) is 6.61 Å². The summed E-state index contributed by atoms with van der Waals surface area (Å²) in [6.45, 7) is 7.91. The number of hydrogen-bond acceptors (Lipinski definition) is 2. The average Bonchev–Trinajstić information content (AvgIpc) is 2.28. The van der Waals surface area contributed by atoms with Crippen LogP contribution in [-0.4, -0.2) is 23.7 Å². The molecule has 0 aliphatic rings. The minimum atomic E-state index is -0.191. The molecule has 0 bridgehead atoms. The van der Waals surface area contributed by atoms with Gasteiger partial charge in [-0.1, -0.05) is 19.9 Å². The SMILES string of the molecule is Cc1ccc(C(=O)N[C@H](CO)C(C)C)cc1C. The first-order chi connectivity index (χ1) is 7.95. The molecule has 1 rings (SSSR count). The summed E-state index contributed by atoms with van der Waals surface area (Å²) in [5.74, 6) is 0.0938. The first-order valence-electron chi connectivity index (χ1n) is 5.94. The fraction of sp³-hybridized carbons (Fsp3) is 0.500. The summed E-state index contributed by atoms with van der Waals surface area (Å²) >= 11 is 0. The lowest BCUT2D eigenvalue weighted by molar-refractivity contribution is 0.0897. The molecule has 1 atom stereocenters. The summed E-state index contributed by atoms with van der Waals surface area (Å²) in [7, 11) is 0. The monoisotopic (exact) mass is 235 g/mol. The van der Waals surface area contributed by atoms with Gasteiger partial charge in [-0.2, -0.15) is 0 Å². The fourth-order valence-electron chi connectivity index (χ4n) is 1.56. The number of aryl methyl sites for hydroxylation is 2. The zero-order valence-electron chi connectivity index (χ0n) is 10.9. The number of benzene rings is 1. The van der Waals surface area contributed by atoms with Gasteiger partial charge in [0, 0.05) is 5.56 Å². The van der Waals surface area contributed by atoms with Crippen LogP contribution < -0.4 is 5.32 Å². The molecule has 0 saturated heterocycles. The third-order valence-corrected chi connectivity index (χ3v) is 3.09. The van der Waals surface area contributed by atoms with Crippen LogP contribution in [0, 0.1) is 19.8 Å². The standard InChI is InChI=1S/C14H21NO2/c1-9(2)13(8-16)15-14(17)12-6-5-10(3)11(4)7-12/h5-7,9,13,16H,8H2,1-4H3,(H,15,17)/t13-/m1/s1. The van der Waals surface area contributed by atoms with Crippen molar-refractivity contribution in [2.45, 2.75) is 33.7 Å². The Morgan fingerprint density at radius 1 is 1.29 bits per heavy atom. The Morgan fingerprint density at radius 2 is 1.94 bits per heavy atom. The average molecular weight is 235 g/mol. The molecule has 0 heterocycles. The van der Waals surface area contributed by atoms with Crippen molar-refractivity contribution in [3.05, 3.63) is 34.9 Å². The van der Waals surface area contributed by atoms with Gasteiger partial charge in [-0.05, 0) is 43.0 Å². The first kappa shape index (κ1) is 13.7. The summed E-state index contributed by atoms with van der Waals surface area (Å²) in [5, 5.41) is 12.0. The molecule has 0 spiro atoms. The molecule has 0 unspecified atom stereocenters. The van der Waals surface area contributed by atoms with E-state index >= 15 is 0 Å². The van der Waals surface area contributed by atoms with Crippen molar-refractivity contribution in [1.82, 2.24) is 5.32 Å². The van der Waals surface area contributed by atoms with E-state index in [2.05, 4.69) is 5.32 Å². The van der Waals surface area contributed by atoms with Gasteiger partial charge in [-0.25, -0.2) is 0 Å². The Labute approximate surface area is 103 Å². The van der Waals surface area contributed by atoms with Crippen LogP contribution in [0.3, 0.4) is 0 Å². The van der Waals surface area contributed by atoms with E-state index in [1.807, 2.05) is 45.9 Å². The second-order valence-corrected chi connectivity index (χ2v) is 4.81. The fourth-order valence-corrected chi connectivity index (χ4v) is 1.56. The largest absolute Gasteiger partial charge is 0.394 e. The normalized spacial score (nSPS) is 12.6. The van der Waals surface area contributed by atoms with Gasteiger partial charge in [0.2, 0.25) is 0 Å². The Morgan fingerprint density at radius 3 is 2.41 bits per heavy atom. The summed E-state index contributed by atoms with van der Waals surface area (Å²) < 4.78 is 0. The van der Waals surface area contributed by atoms with Gasteiger partial charge >= 0.3 is 0 Å². The highest BCUT2D eigenvalue weighted by molar-refractivity contribution is 5.94. The van der Waals surface area contributed by atoms with Crippen LogP contribution in [-0.2, 0) is 0 Å². The molecule has 0 saturated carbocycles. The molecular formula is C14H21NO2. The second kappa shape index (κ2) is 5.82. The predicted octanol–water partition coefficient (Wildman–Crippen LogP) is 2.05. The minimum absolute atomic E-state index is 0.0335. The lowest BCUT2D eigenvalue weighted by atomic mass is 10.0. The maximum Gasteiger partial charge on any atom is 0.251 e. The van der Waals surface area contributed by atoms with E-state index in [4.69, 9.17) is 0 Å². The maximum atomic E-state index is 12.0. The Hall–Kier alpha value is -1.35. The van der Waals surface area contributed by atoms with Gasteiger partial charge in [0.15, 0.2) is 0 Å². The van der Waals surface area contributed by atoms with Crippen molar-refractivity contribution in [3.8, 4) is 0 Å². The van der Waals surface area contributed by atoms with Crippen LogP contribution in [0.5, 0.6) is 0 Å². The molecule has 3 nitrogen and oxygen atoms in total. The molecule has 1 aromatic carbocycles. The molecule has 0 fully saturated rings.